The van der Waals surface area contributed by atoms with Gasteiger partial charge in [0.25, 0.3) is 5.91 Å². The molecule has 1 aliphatic rings. The van der Waals surface area contributed by atoms with Crippen LogP contribution in [0.4, 0.5) is 11.4 Å². The summed E-state index contributed by atoms with van der Waals surface area (Å²) in [6.07, 6.45) is 3.37. The molecule has 0 saturated carbocycles. The second-order valence-corrected chi connectivity index (χ2v) is 6.93. The number of pyridine rings is 1. The molecule has 2 heterocycles. The van der Waals surface area contributed by atoms with Crippen molar-refractivity contribution in [3.05, 3.63) is 78.1 Å². The Hall–Kier alpha value is -4.40. The van der Waals surface area contributed by atoms with Crippen LogP contribution in [0.25, 0.3) is 0 Å². The average molecular weight is 431 g/mol. The Balaban J connectivity index is 1.51. The first-order chi connectivity index (χ1) is 15.6. The minimum atomic E-state index is -0.346. The third kappa shape index (κ3) is 5.39. The van der Waals surface area contributed by atoms with Crippen LogP contribution < -0.4 is 25.4 Å². The summed E-state index contributed by atoms with van der Waals surface area (Å²) in [5.41, 5.74) is 2.66. The van der Waals surface area contributed by atoms with Crippen molar-refractivity contribution in [3.63, 3.8) is 0 Å². The summed E-state index contributed by atoms with van der Waals surface area (Å²) in [4.78, 5) is 32.5. The molecule has 3 aromatic rings. The summed E-state index contributed by atoms with van der Waals surface area (Å²) in [6.45, 7) is 1.94. The van der Waals surface area contributed by atoms with Gasteiger partial charge in [-0.15, -0.1) is 0 Å². The fourth-order valence-corrected chi connectivity index (χ4v) is 2.97. The van der Waals surface area contributed by atoms with Crippen LogP contribution in [0.2, 0.25) is 0 Å². The molecule has 3 N–H and O–H groups in total. The molecule has 9 heteroatoms. The quantitative estimate of drug-likeness (QED) is 0.422. The predicted molar refractivity (Wildman–Crippen MR) is 120 cm³/mol. The molecule has 0 aliphatic carbocycles. The van der Waals surface area contributed by atoms with E-state index in [1.807, 2.05) is 18.2 Å². The van der Waals surface area contributed by atoms with Crippen molar-refractivity contribution in [3.8, 4) is 11.5 Å². The first-order valence-electron chi connectivity index (χ1n) is 9.86. The van der Waals surface area contributed by atoms with Crippen LogP contribution in [0.3, 0.4) is 0 Å². The summed E-state index contributed by atoms with van der Waals surface area (Å²) >= 11 is 0. The average Bonchev–Trinajstić information content (AvgIpc) is 3.26. The van der Waals surface area contributed by atoms with Crippen molar-refractivity contribution in [1.82, 2.24) is 10.3 Å². The van der Waals surface area contributed by atoms with Gasteiger partial charge in [-0.05, 0) is 54.1 Å². The summed E-state index contributed by atoms with van der Waals surface area (Å²) < 4.78 is 10.8. The first kappa shape index (κ1) is 20.9. The lowest BCUT2D eigenvalue weighted by Crippen LogP contribution is -2.36. The fourth-order valence-electron chi connectivity index (χ4n) is 2.97. The number of hydrogen-bond acceptors (Lipinski definition) is 6. The van der Waals surface area contributed by atoms with E-state index in [1.165, 1.54) is 6.92 Å². The van der Waals surface area contributed by atoms with E-state index in [0.717, 1.165) is 5.56 Å². The topological polar surface area (TPSA) is 114 Å². The Bertz CT molecular complexity index is 1150. The van der Waals surface area contributed by atoms with Crippen molar-refractivity contribution < 1.29 is 19.1 Å². The standard InChI is InChI=1S/C23H21N5O4/c1-15(29)26-18-4-2-17(3-5-18)22(30)28-23(25-13-16-8-10-24-11-9-16)27-19-6-7-20-21(12-19)32-14-31-20/h2-12H,13-14H2,1H3,(H,26,29)(H2,25,27,28,30). The van der Waals surface area contributed by atoms with Gasteiger partial charge in [0.1, 0.15) is 0 Å². The highest BCUT2D eigenvalue weighted by Crippen LogP contribution is 2.34. The lowest BCUT2D eigenvalue weighted by molar-refractivity contribution is -0.114. The number of nitrogens with one attached hydrogen (secondary N) is 3. The van der Waals surface area contributed by atoms with Gasteiger partial charge < -0.3 is 20.1 Å². The molecule has 1 aliphatic heterocycles. The number of amides is 2. The zero-order valence-corrected chi connectivity index (χ0v) is 17.3. The lowest BCUT2D eigenvalue weighted by atomic mass is 10.2. The summed E-state index contributed by atoms with van der Waals surface area (Å²) in [5, 5.41) is 8.60. The number of carbonyl (C=O) groups excluding carboxylic acids is 2. The van der Waals surface area contributed by atoms with Crippen LogP contribution >= 0.6 is 0 Å². The number of hydrogen-bond donors (Lipinski definition) is 3. The van der Waals surface area contributed by atoms with Crippen molar-refractivity contribution in [2.45, 2.75) is 13.5 Å². The number of guanidine groups is 1. The van der Waals surface area contributed by atoms with Gasteiger partial charge in [-0.1, -0.05) is 0 Å². The maximum absolute atomic E-state index is 12.8. The smallest absolute Gasteiger partial charge is 0.257 e. The Kier molecular flexibility index (Phi) is 6.26. The second kappa shape index (κ2) is 9.61. The first-order valence-corrected chi connectivity index (χ1v) is 9.86. The number of benzene rings is 2. The molecule has 0 fully saturated rings. The molecule has 0 unspecified atom stereocenters. The number of fused-ring (bicyclic) bond motifs is 1. The normalized spacial score (nSPS) is 12.2. The van der Waals surface area contributed by atoms with Crippen molar-refractivity contribution in [2.75, 3.05) is 17.4 Å². The number of ether oxygens (including phenoxy) is 2. The number of aromatic nitrogens is 1. The number of anilines is 2. The molecule has 2 aromatic carbocycles. The molecule has 4 rings (SSSR count). The van der Waals surface area contributed by atoms with Gasteiger partial charge in [0.05, 0.1) is 6.54 Å². The van der Waals surface area contributed by atoms with Crippen LogP contribution in [-0.2, 0) is 11.3 Å². The zero-order valence-electron chi connectivity index (χ0n) is 17.3. The minimum absolute atomic E-state index is 0.174. The highest BCUT2D eigenvalue weighted by molar-refractivity contribution is 6.10. The summed E-state index contributed by atoms with van der Waals surface area (Å²) in [5.74, 6) is 1.02. The highest BCUT2D eigenvalue weighted by atomic mass is 16.7. The van der Waals surface area contributed by atoms with E-state index in [1.54, 1.807) is 48.8 Å². The molecule has 162 valence electrons. The number of carbonyl (C=O) groups is 2. The number of nitrogens with zero attached hydrogens (tertiary/aromatic N) is 2. The van der Waals surface area contributed by atoms with Gasteiger partial charge in [0, 0.05) is 42.3 Å². The zero-order chi connectivity index (χ0) is 22.3. The van der Waals surface area contributed by atoms with Crippen LogP contribution in [0.5, 0.6) is 11.5 Å². The fraction of sp³-hybridized carbons (Fsp3) is 0.130. The predicted octanol–water partition coefficient (Wildman–Crippen LogP) is 3.17. The van der Waals surface area contributed by atoms with E-state index in [0.29, 0.717) is 35.0 Å². The van der Waals surface area contributed by atoms with Crippen molar-refractivity contribution >= 4 is 29.1 Å². The van der Waals surface area contributed by atoms with Crippen molar-refractivity contribution in [2.24, 2.45) is 4.99 Å². The minimum Gasteiger partial charge on any atom is -0.454 e. The molecule has 0 spiro atoms. The molecule has 0 saturated heterocycles. The SMILES string of the molecule is CC(=O)Nc1ccc(C(=O)NC(=NCc2ccncc2)Nc2ccc3c(c2)OCO3)cc1. The van der Waals surface area contributed by atoms with Crippen LogP contribution in [0.15, 0.2) is 72.0 Å². The highest BCUT2D eigenvalue weighted by Gasteiger charge is 2.15. The summed E-state index contributed by atoms with van der Waals surface area (Å²) in [7, 11) is 0. The summed E-state index contributed by atoms with van der Waals surface area (Å²) in [6, 6.07) is 15.7. The third-order valence-corrected chi connectivity index (χ3v) is 4.50. The number of aliphatic imine (C=N–C) groups is 1. The number of rotatable bonds is 5. The monoisotopic (exact) mass is 431 g/mol. The second-order valence-electron chi connectivity index (χ2n) is 6.93. The molecule has 0 atom stereocenters. The van der Waals surface area contributed by atoms with E-state index in [2.05, 4.69) is 25.9 Å². The Morgan fingerprint density at radius 1 is 0.938 bits per heavy atom. The maximum atomic E-state index is 12.8. The van der Waals surface area contributed by atoms with Crippen LogP contribution in [0.1, 0.15) is 22.8 Å². The van der Waals surface area contributed by atoms with E-state index in [4.69, 9.17) is 9.47 Å². The van der Waals surface area contributed by atoms with Gasteiger partial charge in [0.15, 0.2) is 11.5 Å². The van der Waals surface area contributed by atoms with Crippen LogP contribution in [0, 0.1) is 0 Å². The molecule has 1 aromatic heterocycles. The van der Waals surface area contributed by atoms with Gasteiger partial charge >= 0.3 is 0 Å². The van der Waals surface area contributed by atoms with E-state index in [9.17, 15) is 9.59 Å². The maximum Gasteiger partial charge on any atom is 0.257 e. The van der Waals surface area contributed by atoms with Gasteiger partial charge in [-0.3, -0.25) is 19.9 Å². The molecule has 0 radical (unpaired) electrons. The van der Waals surface area contributed by atoms with Gasteiger partial charge in [-0.25, -0.2) is 4.99 Å². The van der Waals surface area contributed by atoms with Crippen LogP contribution in [-0.4, -0.2) is 29.6 Å². The third-order valence-electron chi connectivity index (χ3n) is 4.50. The Labute approximate surface area is 184 Å². The van der Waals surface area contributed by atoms with Gasteiger partial charge in [0.2, 0.25) is 18.7 Å². The van der Waals surface area contributed by atoms with E-state index < -0.39 is 0 Å². The molecular formula is C23H21N5O4. The largest absolute Gasteiger partial charge is 0.454 e. The molecule has 2 amide bonds. The van der Waals surface area contributed by atoms with E-state index in [-0.39, 0.29) is 24.6 Å². The molecule has 32 heavy (non-hydrogen) atoms. The lowest BCUT2D eigenvalue weighted by Gasteiger charge is -2.13. The Morgan fingerprint density at radius 2 is 1.66 bits per heavy atom. The Morgan fingerprint density at radius 3 is 2.41 bits per heavy atom. The van der Waals surface area contributed by atoms with Crippen molar-refractivity contribution in [1.29, 1.82) is 0 Å². The molecular weight excluding hydrogens is 410 g/mol. The van der Waals surface area contributed by atoms with Gasteiger partial charge in [-0.2, -0.15) is 0 Å². The molecule has 0 bridgehead atoms. The van der Waals surface area contributed by atoms with E-state index >= 15 is 0 Å². The molecule has 9 nitrogen and oxygen atoms in total.